The molecule has 0 N–H and O–H groups in total. The molecule has 0 spiro atoms. The number of benzene rings is 1. The van der Waals surface area contributed by atoms with Gasteiger partial charge in [-0.3, -0.25) is 4.52 Å². The molecule has 2 aromatic heterocycles. The summed E-state index contributed by atoms with van der Waals surface area (Å²) in [5.74, 6) is 0.378. The lowest BCUT2D eigenvalue weighted by atomic mass is 10.1. The quantitative estimate of drug-likeness (QED) is 0.604. The Kier molecular flexibility index (Phi) is 5.83. The summed E-state index contributed by atoms with van der Waals surface area (Å²) in [7, 11) is 0. The third-order valence-corrected chi connectivity index (χ3v) is 4.88. The molecule has 1 aliphatic heterocycles. The number of carbonyl (C=O) groups excluding carboxylic acids is 1. The zero-order valence-electron chi connectivity index (χ0n) is 16.5. The summed E-state index contributed by atoms with van der Waals surface area (Å²) < 4.78 is 12.1. The molecule has 0 aliphatic carbocycles. The molecular weight excluding hydrogens is 372 g/mol. The molecular formula is C20H24N6O3. The molecule has 0 radical (unpaired) electrons. The number of aryl methyl sites for hydroxylation is 1. The van der Waals surface area contributed by atoms with Crippen LogP contribution in [-0.2, 0) is 13.0 Å². The number of unbranched alkanes of at least 4 members (excludes halogenated alkanes) is 1. The topological polar surface area (TPSA) is 99.2 Å². The molecule has 9 nitrogen and oxygen atoms in total. The minimum Gasteiger partial charge on any atom is -0.359 e. The molecule has 9 heteroatoms. The van der Waals surface area contributed by atoms with Crippen molar-refractivity contribution in [1.82, 2.24) is 30.0 Å². The molecule has 4 rings (SSSR count). The van der Waals surface area contributed by atoms with Crippen LogP contribution in [0, 0.1) is 0 Å². The fourth-order valence-electron chi connectivity index (χ4n) is 3.24. The number of rotatable bonds is 7. The van der Waals surface area contributed by atoms with Crippen LogP contribution in [0.4, 0.5) is 4.79 Å². The van der Waals surface area contributed by atoms with E-state index in [1.807, 2.05) is 35.1 Å². The van der Waals surface area contributed by atoms with Crippen LogP contribution in [0.2, 0.25) is 0 Å². The van der Waals surface area contributed by atoms with Crippen LogP contribution < -0.4 is 4.74 Å². The average Bonchev–Trinajstić information content (AvgIpc) is 3.49. The van der Waals surface area contributed by atoms with Crippen molar-refractivity contribution in [2.45, 2.75) is 45.6 Å². The molecule has 1 amide bonds. The number of ether oxygens (including phenoxy) is 1. The van der Waals surface area contributed by atoms with Gasteiger partial charge in [-0.1, -0.05) is 48.0 Å². The second kappa shape index (κ2) is 8.85. The maximum Gasteiger partial charge on any atom is 0.426 e. The van der Waals surface area contributed by atoms with E-state index in [2.05, 4.69) is 27.4 Å². The first-order valence-electron chi connectivity index (χ1n) is 10.00. The number of hydrogen-bond acceptors (Lipinski definition) is 7. The Balaban J connectivity index is 1.36. The van der Waals surface area contributed by atoms with Gasteiger partial charge in [0.05, 0.1) is 12.2 Å². The minimum absolute atomic E-state index is 0.136. The van der Waals surface area contributed by atoms with Gasteiger partial charge in [-0.05, 0) is 31.2 Å². The fourth-order valence-corrected chi connectivity index (χ4v) is 3.24. The summed E-state index contributed by atoms with van der Waals surface area (Å²) in [6.45, 7) is 4.21. The monoisotopic (exact) mass is 396 g/mol. The van der Waals surface area contributed by atoms with E-state index >= 15 is 0 Å². The number of aromatic nitrogens is 5. The van der Waals surface area contributed by atoms with E-state index in [1.165, 1.54) is 0 Å². The molecule has 1 aliphatic rings. The van der Waals surface area contributed by atoms with Crippen LogP contribution in [0.3, 0.4) is 0 Å². The van der Waals surface area contributed by atoms with Crippen LogP contribution >= 0.6 is 0 Å². The van der Waals surface area contributed by atoms with Crippen LogP contribution in [0.5, 0.6) is 6.08 Å². The molecule has 29 heavy (non-hydrogen) atoms. The van der Waals surface area contributed by atoms with Gasteiger partial charge in [-0.2, -0.15) is 4.98 Å². The lowest BCUT2D eigenvalue weighted by Crippen LogP contribution is -2.30. The van der Waals surface area contributed by atoms with Crippen LogP contribution in [-0.4, -0.2) is 49.2 Å². The largest absolute Gasteiger partial charge is 0.426 e. The molecule has 0 bridgehead atoms. The van der Waals surface area contributed by atoms with Gasteiger partial charge in [0, 0.05) is 24.8 Å². The van der Waals surface area contributed by atoms with Crippen LogP contribution in [0.25, 0.3) is 11.4 Å². The van der Waals surface area contributed by atoms with E-state index in [0.717, 1.165) is 48.9 Å². The molecule has 3 aromatic rings. The standard InChI is InChI=1S/C20H24N6O3/c1-2-3-6-17-14-26(24-22-17)13-15-7-9-16(10-8-15)18-21-19(29-23-18)28-20(27)25-11-4-5-12-25/h7-10,14H,2-6,11-13H2,1H3. The first-order chi connectivity index (χ1) is 14.2. The Morgan fingerprint density at radius 1 is 1.21 bits per heavy atom. The Hall–Kier alpha value is -3.23. The number of nitrogens with zero attached hydrogens (tertiary/aromatic N) is 6. The van der Waals surface area contributed by atoms with E-state index in [-0.39, 0.29) is 6.08 Å². The van der Waals surface area contributed by atoms with Crippen LogP contribution in [0.1, 0.15) is 43.9 Å². The van der Waals surface area contributed by atoms with Gasteiger partial charge in [0.25, 0.3) is 0 Å². The second-order valence-electron chi connectivity index (χ2n) is 7.15. The lowest BCUT2D eigenvalue weighted by molar-refractivity contribution is 0.142. The van der Waals surface area contributed by atoms with Crippen molar-refractivity contribution in [2.24, 2.45) is 0 Å². The highest BCUT2D eigenvalue weighted by Gasteiger charge is 2.22. The summed E-state index contributed by atoms with van der Waals surface area (Å²) in [4.78, 5) is 17.8. The summed E-state index contributed by atoms with van der Waals surface area (Å²) in [6.07, 6.45) is 6.61. The van der Waals surface area contributed by atoms with Crippen molar-refractivity contribution in [3.8, 4) is 17.5 Å². The number of amides is 1. The van der Waals surface area contributed by atoms with Crippen molar-refractivity contribution in [1.29, 1.82) is 0 Å². The highest BCUT2D eigenvalue weighted by atomic mass is 16.7. The Morgan fingerprint density at radius 2 is 2.00 bits per heavy atom. The van der Waals surface area contributed by atoms with Gasteiger partial charge < -0.3 is 9.64 Å². The molecule has 3 heterocycles. The zero-order chi connectivity index (χ0) is 20.1. The first kappa shape index (κ1) is 19.1. The Labute approximate surface area is 168 Å². The number of hydrogen-bond donors (Lipinski definition) is 0. The van der Waals surface area contributed by atoms with Gasteiger partial charge in [0.15, 0.2) is 0 Å². The molecule has 0 atom stereocenters. The highest BCUT2D eigenvalue weighted by Crippen LogP contribution is 2.20. The van der Waals surface area contributed by atoms with E-state index in [4.69, 9.17) is 9.26 Å². The van der Waals surface area contributed by atoms with Crippen molar-refractivity contribution < 1.29 is 14.1 Å². The van der Waals surface area contributed by atoms with Crippen molar-refractivity contribution >= 4 is 6.09 Å². The molecule has 0 unspecified atom stereocenters. The summed E-state index contributed by atoms with van der Waals surface area (Å²) in [5.41, 5.74) is 2.89. The molecule has 152 valence electrons. The van der Waals surface area contributed by atoms with E-state index in [1.54, 1.807) is 4.90 Å². The fraction of sp³-hybridized carbons (Fsp3) is 0.450. The van der Waals surface area contributed by atoms with Crippen molar-refractivity contribution in [3.05, 3.63) is 41.7 Å². The maximum atomic E-state index is 12.0. The first-order valence-corrected chi connectivity index (χ1v) is 10.00. The third-order valence-electron chi connectivity index (χ3n) is 4.88. The van der Waals surface area contributed by atoms with Gasteiger partial charge >= 0.3 is 12.2 Å². The predicted molar refractivity (Wildman–Crippen MR) is 104 cm³/mol. The number of likely N-dealkylation sites (tertiary alicyclic amines) is 1. The van der Waals surface area contributed by atoms with E-state index < -0.39 is 6.09 Å². The summed E-state index contributed by atoms with van der Waals surface area (Å²) in [5, 5.41) is 12.3. The zero-order valence-corrected chi connectivity index (χ0v) is 16.5. The van der Waals surface area contributed by atoms with E-state index in [9.17, 15) is 4.79 Å². The van der Waals surface area contributed by atoms with Crippen molar-refractivity contribution in [3.63, 3.8) is 0 Å². The summed E-state index contributed by atoms with van der Waals surface area (Å²) in [6, 6.07) is 7.77. The smallest absolute Gasteiger partial charge is 0.359 e. The van der Waals surface area contributed by atoms with Crippen LogP contribution in [0.15, 0.2) is 35.0 Å². The number of carbonyl (C=O) groups is 1. The van der Waals surface area contributed by atoms with Crippen molar-refractivity contribution in [2.75, 3.05) is 13.1 Å². The Bertz CT molecular complexity index is 943. The highest BCUT2D eigenvalue weighted by molar-refractivity contribution is 5.70. The maximum absolute atomic E-state index is 12.0. The van der Waals surface area contributed by atoms with Gasteiger partial charge in [0.1, 0.15) is 0 Å². The summed E-state index contributed by atoms with van der Waals surface area (Å²) >= 11 is 0. The average molecular weight is 396 g/mol. The van der Waals surface area contributed by atoms with Gasteiger partial charge in [-0.25, -0.2) is 9.48 Å². The van der Waals surface area contributed by atoms with Gasteiger partial charge in [0.2, 0.25) is 5.82 Å². The SMILES string of the molecule is CCCCc1cn(Cc2ccc(-c3noc(OC(=O)N4CCCC4)n3)cc2)nn1. The predicted octanol–water partition coefficient (Wildman–Crippen LogP) is 3.31. The lowest BCUT2D eigenvalue weighted by Gasteiger charge is -2.11. The third kappa shape index (κ3) is 4.79. The molecule has 1 aromatic carbocycles. The van der Waals surface area contributed by atoms with E-state index in [0.29, 0.717) is 25.5 Å². The minimum atomic E-state index is -0.445. The van der Waals surface area contributed by atoms with Gasteiger partial charge in [-0.15, -0.1) is 5.10 Å². The second-order valence-corrected chi connectivity index (χ2v) is 7.15. The molecule has 1 fully saturated rings. The normalized spacial score (nSPS) is 13.8. The molecule has 1 saturated heterocycles. The Morgan fingerprint density at radius 3 is 2.76 bits per heavy atom. The molecule has 0 saturated carbocycles.